The molecule has 13 heavy (non-hydrogen) atoms. The Labute approximate surface area is 78.1 Å². The summed E-state index contributed by atoms with van der Waals surface area (Å²) in [6.45, 7) is 2.97. The molecule has 1 unspecified atom stereocenters. The molecular formula is C9H18F2N2. The maximum Gasteiger partial charge on any atom is 0.272 e. The second-order valence-corrected chi connectivity index (χ2v) is 4.04. The third-order valence-electron chi connectivity index (χ3n) is 2.49. The van der Waals surface area contributed by atoms with Gasteiger partial charge in [0.1, 0.15) is 0 Å². The summed E-state index contributed by atoms with van der Waals surface area (Å²) < 4.78 is 25.8. The number of rotatable bonds is 3. The summed E-state index contributed by atoms with van der Waals surface area (Å²) in [5.74, 6) is -2.17. The highest BCUT2D eigenvalue weighted by Crippen LogP contribution is 2.20. The molecule has 1 saturated heterocycles. The van der Waals surface area contributed by atoms with E-state index in [1.54, 1.807) is 0 Å². The zero-order chi connectivity index (χ0) is 9.90. The van der Waals surface area contributed by atoms with Gasteiger partial charge in [-0.05, 0) is 25.3 Å². The van der Waals surface area contributed by atoms with Crippen LogP contribution < -0.4 is 5.73 Å². The predicted molar refractivity (Wildman–Crippen MR) is 48.8 cm³/mol. The summed E-state index contributed by atoms with van der Waals surface area (Å²) in [5.41, 5.74) is 4.98. The van der Waals surface area contributed by atoms with Gasteiger partial charge in [0.05, 0.1) is 13.1 Å². The number of alkyl halides is 2. The van der Waals surface area contributed by atoms with Crippen LogP contribution in [0.4, 0.5) is 8.78 Å². The molecule has 0 saturated carbocycles. The molecule has 0 aromatic rings. The van der Waals surface area contributed by atoms with Crippen molar-refractivity contribution in [1.82, 2.24) is 4.90 Å². The number of halogens is 2. The Bertz CT molecular complexity index is 162. The van der Waals surface area contributed by atoms with E-state index in [2.05, 4.69) is 6.92 Å². The van der Waals surface area contributed by atoms with E-state index in [1.807, 2.05) is 4.90 Å². The lowest BCUT2D eigenvalue weighted by Crippen LogP contribution is -2.45. The smallest absolute Gasteiger partial charge is 0.272 e. The number of nitrogens with zero attached hydrogens (tertiary/aromatic N) is 1. The molecule has 1 fully saturated rings. The highest BCUT2D eigenvalue weighted by atomic mass is 19.3. The lowest BCUT2D eigenvalue weighted by Gasteiger charge is -2.33. The van der Waals surface area contributed by atoms with E-state index in [0.29, 0.717) is 5.92 Å². The maximum atomic E-state index is 12.9. The molecule has 2 N–H and O–H groups in total. The average molecular weight is 192 g/mol. The Morgan fingerprint density at radius 3 is 2.77 bits per heavy atom. The van der Waals surface area contributed by atoms with Gasteiger partial charge in [0.2, 0.25) is 0 Å². The number of hydrogen-bond donors (Lipinski definition) is 1. The second kappa shape index (κ2) is 4.33. The van der Waals surface area contributed by atoms with Crippen molar-refractivity contribution in [3.05, 3.63) is 0 Å². The van der Waals surface area contributed by atoms with Gasteiger partial charge in [0.15, 0.2) is 0 Å². The van der Waals surface area contributed by atoms with Crippen LogP contribution >= 0.6 is 0 Å². The highest BCUT2D eigenvalue weighted by molar-refractivity contribution is 4.77. The number of likely N-dealkylation sites (tertiary alicyclic amines) is 1. The normalized spacial score (nSPS) is 26.3. The van der Waals surface area contributed by atoms with Crippen molar-refractivity contribution < 1.29 is 8.78 Å². The maximum absolute atomic E-state index is 12.9. The van der Waals surface area contributed by atoms with E-state index in [-0.39, 0.29) is 6.54 Å². The molecule has 0 amide bonds. The highest BCUT2D eigenvalue weighted by Gasteiger charge is 2.31. The summed E-state index contributed by atoms with van der Waals surface area (Å²) in [6, 6.07) is 0. The number of nitrogens with two attached hydrogens (primary N) is 1. The van der Waals surface area contributed by atoms with Crippen LogP contribution in [0.2, 0.25) is 0 Å². The van der Waals surface area contributed by atoms with Gasteiger partial charge >= 0.3 is 0 Å². The minimum Gasteiger partial charge on any atom is -0.325 e. The molecule has 0 spiro atoms. The fourth-order valence-corrected chi connectivity index (χ4v) is 1.82. The number of piperidine rings is 1. The monoisotopic (exact) mass is 192 g/mol. The molecule has 0 radical (unpaired) electrons. The third-order valence-corrected chi connectivity index (χ3v) is 2.49. The van der Waals surface area contributed by atoms with E-state index in [4.69, 9.17) is 5.73 Å². The van der Waals surface area contributed by atoms with Crippen LogP contribution in [-0.4, -0.2) is 37.0 Å². The first-order chi connectivity index (χ1) is 6.03. The molecule has 2 nitrogen and oxygen atoms in total. The Hall–Kier alpha value is -0.220. The van der Waals surface area contributed by atoms with E-state index in [9.17, 15) is 8.78 Å². The molecule has 0 aromatic heterocycles. The Kier molecular flexibility index (Phi) is 3.62. The SMILES string of the molecule is CC1CCCN(CC(F)(F)CN)C1. The molecule has 0 aliphatic carbocycles. The van der Waals surface area contributed by atoms with E-state index >= 15 is 0 Å². The molecule has 1 rings (SSSR count). The molecule has 1 atom stereocenters. The van der Waals surface area contributed by atoms with Crippen LogP contribution in [0.5, 0.6) is 0 Å². The van der Waals surface area contributed by atoms with Crippen LogP contribution in [0, 0.1) is 5.92 Å². The van der Waals surface area contributed by atoms with Crippen LogP contribution in [-0.2, 0) is 0 Å². The Morgan fingerprint density at radius 2 is 2.23 bits per heavy atom. The predicted octanol–water partition coefficient (Wildman–Crippen LogP) is 1.31. The van der Waals surface area contributed by atoms with Crippen molar-refractivity contribution in [2.45, 2.75) is 25.7 Å². The van der Waals surface area contributed by atoms with Gasteiger partial charge < -0.3 is 5.73 Å². The van der Waals surface area contributed by atoms with E-state index < -0.39 is 12.5 Å². The van der Waals surface area contributed by atoms with Crippen LogP contribution in [0.15, 0.2) is 0 Å². The third kappa shape index (κ3) is 3.56. The molecule has 4 heteroatoms. The van der Waals surface area contributed by atoms with Gasteiger partial charge in [-0.15, -0.1) is 0 Å². The molecule has 1 aliphatic heterocycles. The van der Waals surface area contributed by atoms with Crippen molar-refractivity contribution in [1.29, 1.82) is 0 Å². The summed E-state index contributed by atoms with van der Waals surface area (Å²) in [5, 5.41) is 0. The minimum absolute atomic E-state index is 0.173. The topological polar surface area (TPSA) is 29.3 Å². The zero-order valence-electron chi connectivity index (χ0n) is 8.10. The summed E-state index contributed by atoms with van der Waals surface area (Å²) in [7, 11) is 0. The van der Waals surface area contributed by atoms with Gasteiger partial charge in [0.25, 0.3) is 5.92 Å². The summed E-state index contributed by atoms with van der Waals surface area (Å²) >= 11 is 0. The van der Waals surface area contributed by atoms with Gasteiger partial charge in [0, 0.05) is 6.54 Å². The first-order valence-electron chi connectivity index (χ1n) is 4.84. The first-order valence-corrected chi connectivity index (χ1v) is 4.84. The van der Waals surface area contributed by atoms with Crippen LogP contribution in [0.3, 0.4) is 0 Å². The van der Waals surface area contributed by atoms with Gasteiger partial charge in [-0.3, -0.25) is 4.90 Å². The van der Waals surface area contributed by atoms with Gasteiger partial charge in [-0.25, -0.2) is 8.78 Å². The van der Waals surface area contributed by atoms with Gasteiger partial charge in [-0.2, -0.15) is 0 Å². The van der Waals surface area contributed by atoms with Gasteiger partial charge in [-0.1, -0.05) is 6.92 Å². The molecular weight excluding hydrogens is 174 g/mol. The fourth-order valence-electron chi connectivity index (χ4n) is 1.82. The van der Waals surface area contributed by atoms with E-state index in [0.717, 1.165) is 25.9 Å². The quantitative estimate of drug-likeness (QED) is 0.730. The number of hydrogen-bond acceptors (Lipinski definition) is 2. The average Bonchev–Trinajstić information content (AvgIpc) is 2.03. The molecule has 78 valence electrons. The molecule has 0 aromatic carbocycles. The van der Waals surface area contributed by atoms with Crippen LogP contribution in [0.25, 0.3) is 0 Å². The van der Waals surface area contributed by atoms with Crippen molar-refractivity contribution in [2.75, 3.05) is 26.2 Å². The minimum atomic E-state index is -2.71. The second-order valence-electron chi connectivity index (χ2n) is 4.04. The summed E-state index contributed by atoms with van der Waals surface area (Å²) in [6.07, 6.45) is 2.19. The fraction of sp³-hybridized carbons (Fsp3) is 1.00. The van der Waals surface area contributed by atoms with Crippen LogP contribution in [0.1, 0.15) is 19.8 Å². The van der Waals surface area contributed by atoms with Crippen molar-refractivity contribution >= 4 is 0 Å². The Balaban J connectivity index is 2.35. The van der Waals surface area contributed by atoms with Crippen molar-refractivity contribution in [3.63, 3.8) is 0 Å². The molecule has 1 aliphatic rings. The summed E-state index contributed by atoms with van der Waals surface area (Å²) in [4.78, 5) is 1.82. The first kappa shape index (κ1) is 10.9. The molecule has 0 bridgehead atoms. The largest absolute Gasteiger partial charge is 0.325 e. The standard InChI is InChI=1S/C9H18F2N2/c1-8-3-2-4-13(5-8)7-9(10,11)6-12/h8H,2-7,12H2,1H3. The lowest BCUT2D eigenvalue weighted by molar-refractivity contribution is -0.0316. The van der Waals surface area contributed by atoms with Crippen molar-refractivity contribution in [2.24, 2.45) is 11.7 Å². The lowest BCUT2D eigenvalue weighted by atomic mass is 10.00. The Morgan fingerprint density at radius 1 is 1.54 bits per heavy atom. The van der Waals surface area contributed by atoms with E-state index in [1.165, 1.54) is 0 Å². The molecule has 1 heterocycles. The van der Waals surface area contributed by atoms with Crippen molar-refractivity contribution in [3.8, 4) is 0 Å². The zero-order valence-corrected chi connectivity index (χ0v) is 8.10.